The first-order valence-electron chi connectivity index (χ1n) is 9.35. The van der Waals surface area contributed by atoms with E-state index in [1.165, 1.54) is 12.4 Å². The first-order valence-corrected chi connectivity index (χ1v) is 9.35. The predicted molar refractivity (Wildman–Crippen MR) is 96.9 cm³/mol. The molecular weight excluding hydrogens is 344 g/mol. The van der Waals surface area contributed by atoms with Gasteiger partial charge in [0.15, 0.2) is 0 Å². The van der Waals surface area contributed by atoms with Gasteiger partial charge in [0, 0.05) is 31.2 Å². The third-order valence-electron chi connectivity index (χ3n) is 4.96. The van der Waals surface area contributed by atoms with Crippen molar-refractivity contribution in [2.45, 2.75) is 51.1 Å². The number of carbonyl (C=O) groups excluding carboxylic acids is 2. The monoisotopic (exact) mass is 366 g/mol. The summed E-state index contributed by atoms with van der Waals surface area (Å²) in [7, 11) is 0. The highest BCUT2D eigenvalue weighted by Crippen LogP contribution is 2.33. The summed E-state index contributed by atoms with van der Waals surface area (Å²) in [5, 5.41) is 3.00. The number of aryl methyl sites for hydroxylation is 1. The number of nitrogens with zero attached hydrogens (tertiary/aromatic N) is 5. The van der Waals surface area contributed by atoms with E-state index in [2.05, 4.69) is 25.3 Å². The molecule has 2 amide bonds. The lowest BCUT2D eigenvalue weighted by Crippen LogP contribution is -2.40. The van der Waals surface area contributed by atoms with Gasteiger partial charge in [-0.3, -0.25) is 14.6 Å². The zero-order valence-electron chi connectivity index (χ0n) is 15.3. The second kappa shape index (κ2) is 7.38. The summed E-state index contributed by atoms with van der Waals surface area (Å²) in [6, 6.07) is -0.0229. The molecule has 2 fully saturated rings. The van der Waals surface area contributed by atoms with Crippen molar-refractivity contribution in [3.63, 3.8) is 0 Å². The lowest BCUT2D eigenvalue weighted by Gasteiger charge is -2.35. The molecule has 1 aliphatic heterocycles. The van der Waals surface area contributed by atoms with Crippen molar-refractivity contribution >= 4 is 11.8 Å². The first-order chi connectivity index (χ1) is 13.1. The Hall–Kier alpha value is -2.90. The average Bonchev–Trinajstić information content (AvgIpc) is 3.52. The van der Waals surface area contributed by atoms with Crippen LogP contribution in [0.2, 0.25) is 0 Å². The standard InChI is InChI=1S/C19H22N6O2/c1-12-22-10-14(18(26)24-13-5-6-13)17(23-12)16-4-2-3-9-25(16)19(27)15-11-20-7-8-21-15/h7-8,10-11,13,16H,2-6,9H2,1H3,(H,24,26)/t16-/m0/s1. The summed E-state index contributed by atoms with van der Waals surface area (Å²) in [5.41, 5.74) is 1.38. The molecule has 0 unspecified atom stereocenters. The van der Waals surface area contributed by atoms with E-state index in [0.29, 0.717) is 29.3 Å². The molecule has 0 aromatic carbocycles. The van der Waals surface area contributed by atoms with Gasteiger partial charge in [-0.25, -0.2) is 15.0 Å². The third kappa shape index (κ3) is 3.79. The minimum absolute atomic E-state index is 0.162. The smallest absolute Gasteiger partial charge is 0.274 e. The fourth-order valence-electron chi connectivity index (χ4n) is 3.42. The van der Waals surface area contributed by atoms with E-state index < -0.39 is 0 Å². The number of carbonyl (C=O) groups is 2. The molecule has 27 heavy (non-hydrogen) atoms. The van der Waals surface area contributed by atoms with E-state index in [4.69, 9.17) is 0 Å². The average molecular weight is 366 g/mol. The molecule has 3 heterocycles. The Morgan fingerprint density at radius 3 is 2.70 bits per heavy atom. The van der Waals surface area contributed by atoms with Crippen LogP contribution in [0.4, 0.5) is 0 Å². The molecule has 0 bridgehead atoms. The summed E-state index contributed by atoms with van der Waals surface area (Å²) < 4.78 is 0. The van der Waals surface area contributed by atoms with Crippen molar-refractivity contribution in [1.29, 1.82) is 0 Å². The number of nitrogens with one attached hydrogen (secondary N) is 1. The zero-order chi connectivity index (χ0) is 18.8. The Balaban J connectivity index is 1.68. The molecule has 2 aliphatic rings. The Bertz CT molecular complexity index is 853. The van der Waals surface area contributed by atoms with E-state index in [-0.39, 0.29) is 23.9 Å². The van der Waals surface area contributed by atoms with Gasteiger partial charge in [0.25, 0.3) is 11.8 Å². The molecule has 0 spiro atoms. The number of hydrogen-bond acceptors (Lipinski definition) is 6. The summed E-state index contributed by atoms with van der Waals surface area (Å²) in [5.74, 6) is 0.244. The second-order valence-electron chi connectivity index (χ2n) is 7.06. The number of piperidine rings is 1. The molecule has 4 rings (SSSR count). The van der Waals surface area contributed by atoms with Crippen LogP contribution in [0.25, 0.3) is 0 Å². The summed E-state index contributed by atoms with van der Waals surface area (Å²) in [6.07, 6.45) is 10.8. The molecule has 8 nitrogen and oxygen atoms in total. The van der Waals surface area contributed by atoms with Crippen molar-refractivity contribution in [3.05, 3.63) is 47.6 Å². The summed E-state index contributed by atoms with van der Waals surface area (Å²) in [4.78, 5) is 44.4. The van der Waals surface area contributed by atoms with Crippen LogP contribution < -0.4 is 5.32 Å². The van der Waals surface area contributed by atoms with Gasteiger partial charge in [-0.05, 0) is 39.0 Å². The highest BCUT2D eigenvalue weighted by molar-refractivity contribution is 5.96. The van der Waals surface area contributed by atoms with Crippen molar-refractivity contribution in [3.8, 4) is 0 Å². The predicted octanol–water partition coefficient (Wildman–Crippen LogP) is 1.83. The van der Waals surface area contributed by atoms with Crippen molar-refractivity contribution in [2.75, 3.05) is 6.54 Å². The van der Waals surface area contributed by atoms with Crippen LogP contribution in [-0.4, -0.2) is 49.2 Å². The van der Waals surface area contributed by atoms with Crippen molar-refractivity contribution in [1.82, 2.24) is 30.2 Å². The normalized spacial score (nSPS) is 19.6. The van der Waals surface area contributed by atoms with Gasteiger partial charge in [-0.15, -0.1) is 0 Å². The maximum absolute atomic E-state index is 13.0. The molecule has 140 valence electrons. The SMILES string of the molecule is Cc1ncc(C(=O)NC2CC2)c([C@@H]2CCCCN2C(=O)c2cnccn2)n1. The maximum atomic E-state index is 13.0. The number of rotatable bonds is 4. The molecule has 1 saturated carbocycles. The van der Waals surface area contributed by atoms with Crippen LogP contribution in [0.5, 0.6) is 0 Å². The molecule has 1 aliphatic carbocycles. The lowest BCUT2D eigenvalue weighted by atomic mass is 9.95. The van der Waals surface area contributed by atoms with E-state index in [1.54, 1.807) is 24.2 Å². The molecule has 2 aromatic rings. The van der Waals surface area contributed by atoms with E-state index >= 15 is 0 Å². The summed E-state index contributed by atoms with van der Waals surface area (Å²) >= 11 is 0. The van der Waals surface area contributed by atoms with Gasteiger partial charge in [-0.1, -0.05) is 0 Å². The molecular formula is C19H22N6O2. The van der Waals surface area contributed by atoms with Crippen LogP contribution in [0.1, 0.15) is 70.5 Å². The molecule has 2 aromatic heterocycles. The van der Waals surface area contributed by atoms with Gasteiger partial charge < -0.3 is 10.2 Å². The first kappa shape index (κ1) is 17.5. The molecule has 1 atom stereocenters. The highest BCUT2D eigenvalue weighted by Gasteiger charge is 2.34. The van der Waals surface area contributed by atoms with Crippen LogP contribution in [0.3, 0.4) is 0 Å². The largest absolute Gasteiger partial charge is 0.349 e. The Labute approximate surface area is 157 Å². The molecule has 8 heteroatoms. The maximum Gasteiger partial charge on any atom is 0.274 e. The van der Waals surface area contributed by atoms with Gasteiger partial charge >= 0.3 is 0 Å². The molecule has 0 radical (unpaired) electrons. The molecule has 1 N–H and O–H groups in total. The Morgan fingerprint density at radius 2 is 1.96 bits per heavy atom. The van der Waals surface area contributed by atoms with Crippen molar-refractivity contribution < 1.29 is 9.59 Å². The van der Waals surface area contributed by atoms with Gasteiger partial charge in [0.1, 0.15) is 11.5 Å². The lowest BCUT2D eigenvalue weighted by molar-refractivity contribution is 0.0595. The Kier molecular flexibility index (Phi) is 4.79. The minimum atomic E-state index is -0.269. The second-order valence-corrected chi connectivity index (χ2v) is 7.06. The Morgan fingerprint density at radius 1 is 1.11 bits per heavy atom. The van der Waals surface area contributed by atoms with E-state index in [1.807, 2.05) is 0 Å². The summed E-state index contributed by atoms with van der Waals surface area (Å²) in [6.45, 7) is 2.40. The van der Waals surface area contributed by atoms with Crippen LogP contribution in [0.15, 0.2) is 24.8 Å². The number of amides is 2. The molecule has 1 saturated heterocycles. The zero-order valence-corrected chi connectivity index (χ0v) is 15.3. The van der Waals surface area contributed by atoms with Gasteiger partial charge in [-0.2, -0.15) is 0 Å². The van der Waals surface area contributed by atoms with E-state index in [0.717, 1.165) is 32.1 Å². The van der Waals surface area contributed by atoms with Crippen LogP contribution in [0, 0.1) is 6.92 Å². The van der Waals surface area contributed by atoms with Crippen molar-refractivity contribution in [2.24, 2.45) is 0 Å². The fraction of sp³-hybridized carbons (Fsp3) is 0.474. The van der Waals surface area contributed by atoms with Gasteiger partial charge in [0.05, 0.1) is 23.5 Å². The number of aromatic nitrogens is 4. The van der Waals surface area contributed by atoms with E-state index in [9.17, 15) is 9.59 Å². The number of hydrogen-bond donors (Lipinski definition) is 1. The topological polar surface area (TPSA) is 101 Å². The van der Waals surface area contributed by atoms with Crippen LogP contribution >= 0.6 is 0 Å². The minimum Gasteiger partial charge on any atom is -0.349 e. The fourth-order valence-corrected chi connectivity index (χ4v) is 3.42. The number of likely N-dealkylation sites (tertiary alicyclic amines) is 1. The van der Waals surface area contributed by atoms with Gasteiger partial charge in [0.2, 0.25) is 0 Å². The third-order valence-corrected chi connectivity index (χ3v) is 4.96. The van der Waals surface area contributed by atoms with Crippen LogP contribution in [-0.2, 0) is 0 Å². The quantitative estimate of drug-likeness (QED) is 0.886. The highest BCUT2D eigenvalue weighted by atomic mass is 16.2.